The van der Waals surface area contributed by atoms with E-state index in [4.69, 9.17) is 20.9 Å². The van der Waals surface area contributed by atoms with Crippen LogP contribution in [0.4, 0.5) is 11.8 Å². The van der Waals surface area contributed by atoms with Crippen LogP contribution in [0.5, 0.6) is 11.5 Å². The van der Waals surface area contributed by atoms with Crippen LogP contribution >= 0.6 is 0 Å². The molecule has 0 radical (unpaired) electrons. The van der Waals surface area contributed by atoms with Gasteiger partial charge in [0, 0.05) is 12.0 Å². The van der Waals surface area contributed by atoms with Crippen molar-refractivity contribution in [1.29, 1.82) is 0 Å². The lowest BCUT2D eigenvalue weighted by Crippen LogP contribution is -2.03. The normalized spacial score (nSPS) is 11.9. The van der Waals surface area contributed by atoms with Crippen molar-refractivity contribution >= 4 is 11.8 Å². The first-order chi connectivity index (χ1) is 9.13. The van der Waals surface area contributed by atoms with Crippen LogP contribution in [0, 0.1) is 0 Å². The molecule has 1 heterocycles. The Morgan fingerprint density at radius 3 is 2.42 bits per heavy atom. The van der Waals surface area contributed by atoms with Crippen molar-refractivity contribution in [3.05, 3.63) is 23.4 Å². The van der Waals surface area contributed by atoms with Crippen LogP contribution in [0.1, 0.15) is 11.3 Å². The molecule has 0 saturated heterocycles. The van der Waals surface area contributed by atoms with E-state index in [1.165, 1.54) is 0 Å². The van der Waals surface area contributed by atoms with E-state index in [0.717, 1.165) is 22.4 Å². The Morgan fingerprint density at radius 2 is 1.74 bits per heavy atom. The first kappa shape index (κ1) is 11.6. The van der Waals surface area contributed by atoms with Gasteiger partial charge in [-0.1, -0.05) is 0 Å². The standard InChI is InChI=1S/C13H14N4O2/c1-18-9-4-6-3-8-11(7(6)5-10(9)19-2)12(14)17-13(15)16-8/h4-5H,3H2,1-2H3,(H4,14,15,16,17). The highest BCUT2D eigenvalue weighted by Gasteiger charge is 2.25. The number of methoxy groups -OCH3 is 2. The van der Waals surface area contributed by atoms with Crippen molar-refractivity contribution in [3.8, 4) is 22.6 Å². The Balaban J connectivity index is 2.24. The molecule has 6 nitrogen and oxygen atoms in total. The molecule has 0 saturated carbocycles. The Bertz CT molecular complexity index is 670. The second-order valence-electron chi connectivity index (χ2n) is 4.33. The molecule has 1 aliphatic carbocycles. The minimum absolute atomic E-state index is 0.197. The van der Waals surface area contributed by atoms with Gasteiger partial charge in [0.1, 0.15) is 5.82 Å². The number of ether oxygens (including phenoxy) is 2. The number of rotatable bonds is 2. The second kappa shape index (κ2) is 4.01. The van der Waals surface area contributed by atoms with Crippen molar-refractivity contribution in [2.45, 2.75) is 6.42 Å². The summed E-state index contributed by atoms with van der Waals surface area (Å²) in [5.74, 6) is 1.94. The first-order valence-electron chi connectivity index (χ1n) is 5.81. The molecule has 1 aliphatic rings. The third-order valence-electron chi connectivity index (χ3n) is 3.27. The molecule has 0 atom stereocenters. The molecule has 98 valence electrons. The lowest BCUT2D eigenvalue weighted by atomic mass is 10.1. The number of nitrogens with zero attached hydrogens (tertiary/aromatic N) is 2. The zero-order valence-corrected chi connectivity index (χ0v) is 10.7. The molecule has 1 aromatic carbocycles. The predicted octanol–water partition coefficient (Wildman–Crippen LogP) is 1.23. The molecule has 0 amide bonds. The number of benzene rings is 1. The van der Waals surface area contributed by atoms with Gasteiger partial charge in [0.25, 0.3) is 0 Å². The van der Waals surface area contributed by atoms with Gasteiger partial charge in [-0.15, -0.1) is 0 Å². The number of hydrogen-bond acceptors (Lipinski definition) is 6. The summed E-state index contributed by atoms with van der Waals surface area (Å²) in [6.07, 6.45) is 0.669. The average Bonchev–Trinajstić information content (AvgIpc) is 2.73. The van der Waals surface area contributed by atoms with Crippen molar-refractivity contribution in [2.75, 3.05) is 25.7 Å². The summed E-state index contributed by atoms with van der Waals surface area (Å²) in [7, 11) is 3.21. The Morgan fingerprint density at radius 1 is 1.05 bits per heavy atom. The van der Waals surface area contributed by atoms with Crippen LogP contribution in [0.15, 0.2) is 12.1 Å². The van der Waals surface area contributed by atoms with Gasteiger partial charge in [-0.2, -0.15) is 4.98 Å². The van der Waals surface area contributed by atoms with Gasteiger partial charge in [0.2, 0.25) is 5.95 Å². The van der Waals surface area contributed by atoms with E-state index < -0.39 is 0 Å². The molecule has 1 aromatic heterocycles. The fourth-order valence-corrected chi connectivity index (χ4v) is 2.45. The number of nitrogen functional groups attached to an aromatic ring is 2. The van der Waals surface area contributed by atoms with Crippen LogP contribution in [0.2, 0.25) is 0 Å². The van der Waals surface area contributed by atoms with Gasteiger partial charge in [0.15, 0.2) is 11.5 Å². The summed E-state index contributed by atoms with van der Waals surface area (Å²) in [5, 5.41) is 0. The minimum atomic E-state index is 0.197. The molecule has 19 heavy (non-hydrogen) atoms. The highest BCUT2D eigenvalue weighted by atomic mass is 16.5. The van der Waals surface area contributed by atoms with Gasteiger partial charge in [-0.3, -0.25) is 0 Å². The Hall–Kier alpha value is -2.50. The van der Waals surface area contributed by atoms with Crippen LogP contribution in [-0.2, 0) is 6.42 Å². The summed E-state index contributed by atoms with van der Waals surface area (Å²) < 4.78 is 10.6. The molecule has 4 N–H and O–H groups in total. The highest BCUT2D eigenvalue weighted by molar-refractivity contribution is 5.85. The molecule has 2 aromatic rings. The zero-order chi connectivity index (χ0) is 13.6. The molecular formula is C13H14N4O2. The summed E-state index contributed by atoms with van der Waals surface area (Å²) in [6.45, 7) is 0. The predicted molar refractivity (Wildman–Crippen MR) is 72.2 cm³/mol. The molecule has 0 fully saturated rings. The lowest BCUT2D eigenvalue weighted by molar-refractivity contribution is 0.355. The number of hydrogen-bond donors (Lipinski definition) is 2. The average molecular weight is 258 g/mol. The van der Waals surface area contributed by atoms with Crippen molar-refractivity contribution in [2.24, 2.45) is 0 Å². The quantitative estimate of drug-likeness (QED) is 0.717. The van der Waals surface area contributed by atoms with E-state index in [-0.39, 0.29) is 5.95 Å². The van der Waals surface area contributed by atoms with Crippen molar-refractivity contribution in [1.82, 2.24) is 9.97 Å². The van der Waals surface area contributed by atoms with E-state index >= 15 is 0 Å². The molecular weight excluding hydrogens is 244 g/mol. The monoisotopic (exact) mass is 258 g/mol. The lowest BCUT2D eigenvalue weighted by Gasteiger charge is -2.10. The molecule has 0 unspecified atom stereocenters. The second-order valence-corrected chi connectivity index (χ2v) is 4.33. The fraction of sp³-hybridized carbons (Fsp3) is 0.231. The maximum atomic E-state index is 5.95. The molecule has 0 spiro atoms. The largest absolute Gasteiger partial charge is 0.493 e. The summed E-state index contributed by atoms with van der Waals surface area (Å²) in [6, 6.07) is 3.83. The molecule has 0 bridgehead atoms. The van der Waals surface area contributed by atoms with Gasteiger partial charge >= 0.3 is 0 Å². The Kier molecular flexibility index (Phi) is 2.45. The van der Waals surface area contributed by atoms with Gasteiger partial charge in [-0.05, 0) is 23.3 Å². The fourth-order valence-electron chi connectivity index (χ4n) is 2.45. The van der Waals surface area contributed by atoms with E-state index in [2.05, 4.69) is 9.97 Å². The summed E-state index contributed by atoms with van der Waals surface area (Å²) in [4.78, 5) is 8.26. The summed E-state index contributed by atoms with van der Waals surface area (Å²) >= 11 is 0. The molecule has 0 aliphatic heterocycles. The maximum absolute atomic E-state index is 5.95. The number of nitrogens with two attached hydrogens (primary N) is 2. The van der Waals surface area contributed by atoms with E-state index in [9.17, 15) is 0 Å². The number of anilines is 2. The topological polar surface area (TPSA) is 96.3 Å². The van der Waals surface area contributed by atoms with Crippen LogP contribution in [0.25, 0.3) is 11.1 Å². The van der Waals surface area contributed by atoms with Gasteiger partial charge in [-0.25, -0.2) is 4.98 Å². The highest BCUT2D eigenvalue weighted by Crippen LogP contribution is 2.44. The van der Waals surface area contributed by atoms with Gasteiger partial charge in [0.05, 0.1) is 19.9 Å². The molecule has 6 heteroatoms. The number of fused-ring (bicyclic) bond motifs is 3. The van der Waals surface area contributed by atoms with E-state index in [0.29, 0.717) is 23.7 Å². The van der Waals surface area contributed by atoms with Crippen molar-refractivity contribution in [3.63, 3.8) is 0 Å². The van der Waals surface area contributed by atoms with Crippen LogP contribution in [-0.4, -0.2) is 24.2 Å². The SMILES string of the molecule is COc1cc2c(cc1OC)-c1c(N)nc(N)nc1C2. The van der Waals surface area contributed by atoms with Crippen LogP contribution < -0.4 is 20.9 Å². The van der Waals surface area contributed by atoms with Crippen molar-refractivity contribution < 1.29 is 9.47 Å². The smallest absolute Gasteiger partial charge is 0.222 e. The third kappa shape index (κ3) is 1.64. The third-order valence-corrected chi connectivity index (χ3v) is 3.27. The Labute approximate surface area is 110 Å². The van der Waals surface area contributed by atoms with Gasteiger partial charge < -0.3 is 20.9 Å². The minimum Gasteiger partial charge on any atom is -0.493 e. The first-order valence-corrected chi connectivity index (χ1v) is 5.81. The molecule has 3 rings (SSSR count). The van der Waals surface area contributed by atoms with E-state index in [1.54, 1.807) is 14.2 Å². The summed E-state index contributed by atoms with van der Waals surface area (Å²) in [5.41, 5.74) is 15.3. The van der Waals surface area contributed by atoms with Crippen LogP contribution in [0.3, 0.4) is 0 Å². The number of aromatic nitrogens is 2. The zero-order valence-electron chi connectivity index (χ0n) is 10.7. The van der Waals surface area contributed by atoms with E-state index in [1.807, 2.05) is 12.1 Å². The maximum Gasteiger partial charge on any atom is 0.222 e.